The lowest BCUT2D eigenvalue weighted by atomic mass is 9.99. The summed E-state index contributed by atoms with van der Waals surface area (Å²) in [6.07, 6.45) is -0.883. The maximum Gasteiger partial charge on any atom is 0.127 e. The predicted octanol–water partition coefficient (Wildman–Crippen LogP) is 2.81. The third-order valence-electron chi connectivity index (χ3n) is 2.09. The number of benzene rings is 1. The van der Waals surface area contributed by atoms with Crippen molar-refractivity contribution in [3.8, 4) is 0 Å². The minimum Gasteiger partial charge on any atom is -0.326 e. The normalized spacial score (nSPS) is 13.3. The number of nitrogens with two attached hydrogens (primary N) is 1. The summed E-state index contributed by atoms with van der Waals surface area (Å²) < 4.78 is 13.5. The van der Waals surface area contributed by atoms with Crippen LogP contribution in [-0.4, -0.2) is 0 Å². The Morgan fingerprint density at radius 2 is 2.08 bits per heavy atom. The molecule has 1 unspecified atom stereocenters. The summed E-state index contributed by atoms with van der Waals surface area (Å²) in [6, 6.07) is 7.41. The number of hydrogen-bond acceptors (Lipinski definition) is 1. The first-order valence-electron chi connectivity index (χ1n) is 4.58. The van der Waals surface area contributed by atoms with Crippen LogP contribution in [0, 0.1) is 5.92 Å². The summed E-state index contributed by atoms with van der Waals surface area (Å²) >= 11 is 0. The van der Waals surface area contributed by atoms with E-state index in [4.69, 9.17) is 5.73 Å². The highest BCUT2D eigenvalue weighted by atomic mass is 19.1. The number of rotatable bonds is 3. The Kier molecular flexibility index (Phi) is 3.43. The molecule has 13 heavy (non-hydrogen) atoms. The van der Waals surface area contributed by atoms with E-state index in [2.05, 4.69) is 0 Å². The van der Waals surface area contributed by atoms with Crippen molar-refractivity contribution in [2.45, 2.75) is 26.6 Å². The zero-order valence-corrected chi connectivity index (χ0v) is 8.13. The van der Waals surface area contributed by atoms with Gasteiger partial charge in [0.05, 0.1) is 0 Å². The van der Waals surface area contributed by atoms with E-state index in [0.717, 1.165) is 11.1 Å². The highest BCUT2D eigenvalue weighted by molar-refractivity contribution is 5.25. The molecule has 0 bridgehead atoms. The molecule has 0 amide bonds. The Labute approximate surface area is 78.8 Å². The molecule has 1 aromatic carbocycles. The third kappa shape index (κ3) is 2.52. The highest BCUT2D eigenvalue weighted by Crippen LogP contribution is 2.25. The van der Waals surface area contributed by atoms with Crippen molar-refractivity contribution < 1.29 is 4.39 Å². The fourth-order valence-corrected chi connectivity index (χ4v) is 1.28. The lowest BCUT2D eigenvalue weighted by molar-refractivity contribution is 0.261. The molecule has 2 heteroatoms. The topological polar surface area (TPSA) is 26.0 Å². The molecule has 2 N–H and O–H groups in total. The number of halogens is 1. The zero-order valence-electron chi connectivity index (χ0n) is 8.13. The van der Waals surface area contributed by atoms with Crippen molar-refractivity contribution in [3.05, 3.63) is 35.4 Å². The van der Waals surface area contributed by atoms with Gasteiger partial charge in [-0.05, 0) is 17.0 Å². The van der Waals surface area contributed by atoms with Gasteiger partial charge >= 0.3 is 0 Å². The summed E-state index contributed by atoms with van der Waals surface area (Å²) in [6.45, 7) is 4.22. The Balaban J connectivity index is 2.88. The minimum absolute atomic E-state index is 0.0213. The van der Waals surface area contributed by atoms with Gasteiger partial charge in [-0.25, -0.2) is 4.39 Å². The van der Waals surface area contributed by atoms with Gasteiger partial charge in [0, 0.05) is 6.54 Å². The standard InChI is InChI=1S/C11H16FN/c1-8(2)11(12)10-5-3-4-9(6-10)7-13/h3-6,8,11H,7,13H2,1-2H3. The lowest BCUT2D eigenvalue weighted by Gasteiger charge is -2.12. The van der Waals surface area contributed by atoms with Gasteiger partial charge < -0.3 is 5.73 Å². The molecular formula is C11H16FN. The van der Waals surface area contributed by atoms with Crippen molar-refractivity contribution >= 4 is 0 Å². The molecule has 1 atom stereocenters. The molecule has 0 aliphatic rings. The van der Waals surface area contributed by atoms with E-state index in [1.165, 1.54) is 0 Å². The largest absolute Gasteiger partial charge is 0.326 e. The Morgan fingerprint density at radius 1 is 1.38 bits per heavy atom. The molecule has 1 nitrogen and oxygen atoms in total. The molecule has 1 aromatic rings. The molecule has 0 spiro atoms. The highest BCUT2D eigenvalue weighted by Gasteiger charge is 2.13. The van der Waals surface area contributed by atoms with Gasteiger partial charge in [0.2, 0.25) is 0 Å². The summed E-state index contributed by atoms with van der Waals surface area (Å²) in [7, 11) is 0. The quantitative estimate of drug-likeness (QED) is 0.762. The predicted molar refractivity (Wildman–Crippen MR) is 53.0 cm³/mol. The second kappa shape index (κ2) is 4.38. The molecule has 72 valence electrons. The van der Waals surface area contributed by atoms with Crippen LogP contribution >= 0.6 is 0 Å². The van der Waals surface area contributed by atoms with Crippen LogP contribution in [0.3, 0.4) is 0 Å². The van der Waals surface area contributed by atoms with Gasteiger partial charge in [-0.2, -0.15) is 0 Å². The summed E-state index contributed by atoms with van der Waals surface area (Å²) in [4.78, 5) is 0. The lowest BCUT2D eigenvalue weighted by Crippen LogP contribution is -2.02. The van der Waals surface area contributed by atoms with E-state index in [9.17, 15) is 4.39 Å². The van der Waals surface area contributed by atoms with Crippen molar-refractivity contribution in [3.63, 3.8) is 0 Å². The fourth-order valence-electron chi connectivity index (χ4n) is 1.28. The van der Waals surface area contributed by atoms with Crippen LogP contribution in [0.1, 0.15) is 31.1 Å². The number of alkyl halides is 1. The van der Waals surface area contributed by atoms with Crippen LogP contribution < -0.4 is 5.73 Å². The monoisotopic (exact) mass is 181 g/mol. The van der Waals surface area contributed by atoms with Gasteiger partial charge in [0.1, 0.15) is 6.17 Å². The molecule has 0 aromatic heterocycles. The van der Waals surface area contributed by atoms with Crippen LogP contribution in [0.25, 0.3) is 0 Å². The summed E-state index contributed by atoms with van der Waals surface area (Å²) in [5.41, 5.74) is 7.19. The maximum atomic E-state index is 13.5. The maximum absolute atomic E-state index is 13.5. The van der Waals surface area contributed by atoms with Crippen LogP contribution in [0.15, 0.2) is 24.3 Å². The third-order valence-corrected chi connectivity index (χ3v) is 2.09. The van der Waals surface area contributed by atoms with Gasteiger partial charge in [-0.1, -0.05) is 38.1 Å². The zero-order chi connectivity index (χ0) is 9.84. The van der Waals surface area contributed by atoms with E-state index in [1.54, 1.807) is 0 Å². The molecule has 0 radical (unpaired) electrons. The van der Waals surface area contributed by atoms with Gasteiger partial charge in [-0.3, -0.25) is 0 Å². The SMILES string of the molecule is CC(C)C(F)c1cccc(CN)c1. The van der Waals surface area contributed by atoms with E-state index < -0.39 is 6.17 Å². The van der Waals surface area contributed by atoms with E-state index in [-0.39, 0.29) is 5.92 Å². The summed E-state index contributed by atoms with van der Waals surface area (Å²) in [5, 5.41) is 0. The van der Waals surface area contributed by atoms with Crippen molar-refractivity contribution in [2.75, 3.05) is 0 Å². The van der Waals surface area contributed by atoms with E-state index in [0.29, 0.717) is 6.54 Å². The molecule has 1 rings (SSSR count). The average Bonchev–Trinajstić information content (AvgIpc) is 2.16. The number of hydrogen-bond donors (Lipinski definition) is 1. The van der Waals surface area contributed by atoms with E-state index >= 15 is 0 Å². The first kappa shape index (κ1) is 10.2. The minimum atomic E-state index is -0.883. The summed E-state index contributed by atoms with van der Waals surface area (Å²) in [5.74, 6) is 0.0213. The van der Waals surface area contributed by atoms with Crippen LogP contribution in [0.4, 0.5) is 4.39 Å². The van der Waals surface area contributed by atoms with Crippen LogP contribution in [-0.2, 0) is 6.54 Å². The molecule has 0 aliphatic carbocycles. The Hall–Kier alpha value is -0.890. The first-order chi connectivity index (χ1) is 6.15. The van der Waals surface area contributed by atoms with Crippen molar-refractivity contribution in [1.29, 1.82) is 0 Å². The van der Waals surface area contributed by atoms with Gasteiger partial charge in [0.25, 0.3) is 0 Å². The molecule has 0 aliphatic heterocycles. The second-order valence-corrected chi connectivity index (χ2v) is 3.59. The van der Waals surface area contributed by atoms with Crippen molar-refractivity contribution in [1.82, 2.24) is 0 Å². The van der Waals surface area contributed by atoms with E-state index in [1.807, 2.05) is 38.1 Å². The van der Waals surface area contributed by atoms with Crippen molar-refractivity contribution in [2.24, 2.45) is 11.7 Å². The molecule has 0 fully saturated rings. The average molecular weight is 181 g/mol. The Bertz CT molecular complexity index is 271. The van der Waals surface area contributed by atoms with Gasteiger partial charge in [0.15, 0.2) is 0 Å². The molecular weight excluding hydrogens is 165 g/mol. The smallest absolute Gasteiger partial charge is 0.127 e. The molecule has 0 saturated carbocycles. The van der Waals surface area contributed by atoms with Gasteiger partial charge in [-0.15, -0.1) is 0 Å². The fraction of sp³-hybridized carbons (Fsp3) is 0.455. The second-order valence-electron chi connectivity index (χ2n) is 3.59. The Morgan fingerprint density at radius 3 is 2.62 bits per heavy atom. The molecule has 0 heterocycles. The first-order valence-corrected chi connectivity index (χ1v) is 4.58. The molecule has 0 saturated heterocycles. The van der Waals surface area contributed by atoms with Crippen LogP contribution in [0.5, 0.6) is 0 Å². The van der Waals surface area contributed by atoms with Crippen LogP contribution in [0.2, 0.25) is 0 Å².